The summed E-state index contributed by atoms with van der Waals surface area (Å²) < 4.78 is 3.49. The lowest BCUT2D eigenvalue weighted by atomic mass is 10.2. The molecule has 0 bridgehead atoms. The molecule has 0 radical (unpaired) electrons. The Morgan fingerprint density at radius 2 is 2.33 bits per heavy atom. The fourth-order valence-corrected chi connectivity index (χ4v) is 2.04. The van der Waals surface area contributed by atoms with Gasteiger partial charge in [0.1, 0.15) is 10.8 Å². The fraction of sp³-hybridized carbons (Fsp3) is 0.400. The van der Waals surface area contributed by atoms with Crippen LogP contribution in [0.5, 0.6) is 0 Å². The van der Waals surface area contributed by atoms with Crippen molar-refractivity contribution in [2.24, 2.45) is 12.8 Å². The quantitative estimate of drug-likeness (QED) is 0.744. The largest absolute Gasteiger partial charge is 0.389 e. The van der Waals surface area contributed by atoms with Gasteiger partial charge in [-0.15, -0.1) is 5.10 Å². The second kappa shape index (κ2) is 5.13. The molecule has 0 aliphatic rings. The first-order chi connectivity index (χ1) is 8.59. The molecule has 0 saturated carbocycles. The molecule has 8 heteroatoms. The summed E-state index contributed by atoms with van der Waals surface area (Å²) in [6.45, 7) is 3.29. The zero-order chi connectivity index (χ0) is 13.1. The highest BCUT2D eigenvalue weighted by molar-refractivity contribution is 7.80. The van der Waals surface area contributed by atoms with Gasteiger partial charge in [-0.2, -0.15) is 5.10 Å². The molecule has 7 nitrogen and oxygen atoms in total. The van der Waals surface area contributed by atoms with Gasteiger partial charge in [-0.25, -0.2) is 0 Å². The van der Waals surface area contributed by atoms with Crippen molar-refractivity contribution in [1.29, 1.82) is 0 Å². The predicted molar refractivity (Wildman–Crippen MR) is 72.3 cm³/mol. The van der Waals surface area contributed by atoms with Crippen molar-refractivity contribution in [1.82, 2.24) is 24.8 Å². The molecule has 0 aromatic carbocycles. The minimum absolute atomic E-state index is 0.351. The van der Waals surface area contributed by atoms with Gasteiger partial charge in [0.05, 0.1) is 24.0 Å². The van der Waals surface area contributed by atoms with Gasteiger partial charge in [0, 0.05) is 19.8 Å². The van der Waals surface area contributed by atoms with Crippen molar-refractivity contribution in [2.75, 3.05) is 11.9 Å². The van der Waals surface area contributed by atoms with Gasteiger partial charge >= 0.3 is 0 Å². The third-order valence-corrected chi connectivity index (χ3v) is 2.78. The van der Waals surface area contributed by atoms with Gasteiger partial charge in [0.25, 0.3) is 0 Å². The maximum Gasteiger partial charge on any atom is 0.134 e. The Labute approximate surface area is 110 Å². The van der Waals surface area contributed by atoms with Gasteiger partial charge in [-0.3, -0.25) is 9.36 Å². The van der Waals surface area contributed by atoms with Crippen LogP contribution in [-0.2, 0) is 13.6 Å². The average Bonchev–Trinajstić information content (AvgIpc) is 2.87. The monoisotopic (exact) mass is 265 g/mol. The van der Waals surface area contributed by atoms with Gasteiger partial charge in [-0.05, 0) is 6.92 Å². The van der Waals surface area contributed by atoms with Crippen LogP contribution in [0.4, 0.5) is 5.82 Å². The third kappa shape index (κ3) is 2.48. The van der Waals surface area contributed by atoms with E-state index in [1.165, 1.54) is 0 Å². The van der Waals surface area contributed by atoms with E-state index in [1.54, 1.807) is 15.6 Å². The van der Waals surface area contributed by atoms with Crippen LogP contribution in [-0.4, -0.2) is 36.3 Å². The molecule has 3 N–H and O–H groups in total. The van der Waals surface area contributed by atoms with E-state index in [9.17, 15) is 0 Å². The molecule has 0 saturated heterocycles. The zero-order valence-corrected chi connectivity index (χ0v) is 11.1. The van der Waals surface area contributed by atoms with Crippen molar-refractivity contribution in [3.05, 3.63) is 23.7 Å². The molecule has 96 valence electrons. The third-order valence-electron chi connectivity index (χ3n) is 2.57. The number of hydrogen-bond donors (Lipinski definition) is 2. The van der Waals surface area contributed by atoms with E-state index in [-0.39, 0.29) is 0 Å². The Morgan fingerprint density at radius 1 is 1.56 bits per heavy atom. The summed E-state index contributed by atoms with van der Waals surface area (Å²) >= 11 is 5.04. The van der Waals surface area contributed by atoms with Crippen LogP contribution in [0.1, 0.15) is 11.3 Å². The van der Waals surface area contributed by atoms with Crippen molar-refractivity contribution < 1.29 is 0 Å². The van der Waals surface area contributed by atoms with E-state index in [0.717, 1.165) is 17.1 Å². The van der Waals surface area contributed by atoms with Crippen LogP contribution in [0, 0.1) is 6.92 Å². The second-order valence-electron chi connectivity index (χ2n) is 3.89. The molecule has 0 atom stereocenters. The number of rotatable bonds is 5. The van der Waals surface area contributed by atoms with Crippen molar-refractivity contribution >= 4 is 23.0 Å². The number of nitrogens with one attached hydrogen (secondary N) is 1. The number of aryl methyl sites for hydroxylation is 2. The summed E-state index contributed by atoms with van der Waals surface area (Å²) in [5.74, 6) is 0.833. The molecule has 2 aromatic heterocycles. The van der Waals surface area contributed by atoms with E-state index >= 15 is 0 Å². The van der Waals surface area contributed by atoms with Crippen molar-refractivity contribution in [3.8, 4) is 0 Å². The molecule has 2 aromatic rings. The number of nitrogens with two attached hydrogens (primary N) is 1. The predicted octanol–water partition coefficient (Wildman–Crippen LogP) is 0.0663. The average molecular weight is 265 g/mol. The number of thiocarbonyl (C=S) groups is 1. The molecule has 0 amide bonds. The van der Waals surface area contributed by atoms with E-state index in [0.29, 0.717) is 18.1 Å². The smallest absolute Gasteiger partial charge is 0.134 e. The Bertz CT molecular complexity index is 543. The number of anilines is 1. The number of hydrogen-bond acceptors (Lipinski definition) is 5. The van der Waals surface area contributed by atoms with Gasteiger partial charge < -0.3 is 11.1 Å². The van der Waals surface area contributed by atoms with E-state index in [1.807, 2.05) is 20.2 Å². The molecule has 2 heterocycles. The SMILES string of the molecule is Cc1nn(C)c(NCCn2ccnn2)c1C(N)=S. The molecule has 2 rings (SSSR count). The maximum atomic E-state index is 5.71. The number of aromatic nitrogens is 5. The summed E-state index contributed by atoms with van der Waals surface area (Å²) in [6, 6.07) is 0. The van der Waals surface area contributed by atoms with Crippen LogP contribution in [0.3, 0.4) is 0 Å². The van der Waals surface area contributed by atoms with E-state index in [4.69, 9.17) is 18.0 Å². The molecule has 0 aliphatic heterocycles. The summed E-state index contributed by atoms with van der Waals surface area (Å²) in [6.07, 6.45) is 3.46. The Kier molecular flexibility index (Phi) is 3.56. The fourth-order valence-electron chi connectivity index (χ4n) is 1.80. The highest BCUT2D eigenvalue weighted by atomic mass is 32.1. The van der Waals surface area contributed by atoms with Crippen molar-refractivity contribution in [2.45, 2.75) is 13.5 Å². The first kappa shape index (κ1) is 12.5. The second-order valence-corrected chi connectivity index (χ2v) is 4.33. The van der Waals surface area contributed by atoms with E-state index < -0.39 is 0 Å². The molecule has 0 unspecified atom stereocenters. The highest BCUT2D eigenvalue weighted by Gasteiger charge is 2.14. The topological polar surface area (TPSA) is 86.6 Å². The molecule has 18 heavy (non-hydrogen) atoms. The standard InChI is InChI=1S/C10H15N7S/c1-7-8(9(11)18)10(16(2)14-7)12-3-5-17-6-4-13-15-17/h4,6,12H,3,5H2,1-2H3,(H2,11,18). The minimum Gasteiger partial charge on any atom is -0.389 e. The van der Waals surface area contributed by atoms with Crippen LogP contribution in [0.25, 0.3) is 0 Å². The maximum absolute atomic E-state index is 5.71. The summed E-state index contributed by atoms with van der Waals surface area (Å²) in [5, 5.41) is 15.2. The molecule has 0 fully saturated rings. The van der Waals surface area contributed by atoms with Crippen molar-refractivity contribution in [3.63, 3.8) is 0 Å². The zero-order valence-electron chi connectivity index (χ0n) is 10.3. The van der Waals surface area contributed by atoms with Gasteiger partial charge in [-0.1, -0.05) is 17.4 Å². The Morgan fingerprint density at radius 3 is 2.94 bits per heavy atom. The van der Waals surface area contributed by atoms with E-state index in [2.05, 4.69) is 20.7 Å². The van der Waals surface area contributed by atoms with Gasteiger partial charge in [0.2, 0.25) is 0 Å². The minimum atomic E-state index is 0.351. The first-order valence-corrected chi connectivity index (χ1v) is 5.91. The Hall–Kier alpha value is -1.96. The first-order valence-electron chi connectivity index (χ1n) is 5.51. The molecule has 0 aliphatic carbocycles. The highest BCUT2D eigenvalue weighted by Crippen LogP contribution is 2.18. The summed E-state index contributed by atoms with van der Waals surface area (Å²) in [5.41, 5.74) is 7.33. The molecule has 0 spiro atoms. The van der Waals surface area contributed by atoms with Gasteiger partial charge in [0.15, 0.2) is 0 Å². The summed E-state index contributed by atoms with van der Waals surface area (Å²) in [7, 11) is 1.85. The lowest BCUT2D eigenvalue weighted by Gasteiger charge is -2.08. The number of nitrogens with zero attached hydrogens (tertiary/aromatic N) is 5. The van der Waals surface area contributed by atoms with Crippen LogP contribution in [0.2, 0.25) is 0 Å². The van der Waals surface area contributed by atoms with Crippen LogP contribution >= 0.6 is 12.2 Å². The summed E-state index contributed by atoms with van der Waals surface area (Å²) in [4.78, 5) is 0.351. The lowest BCUT2D eigenvalue weighted by molar-refractivity contribution is 0.606. The lowest BCUT2D eigenvalue weighted by Crippen LogP contribution is -2.17. The molecular formula is C10H15N7S. The normalized spacial score (nSPS) is 10.6. The van der Waals surface area contributed by atoms with Crippen LogP contribution in [0.15, 0.2) is 12.4 Å². The molecular weight excluding hydrogens is 250 g/mol. The van der Waals surface area contributed by atoms with Crippen LogP contribution < -0.4 is 11.1 Å². The Balaban J connectivity index is 2.07.